The summed E-state index contributed by atoms with van der Waals surface area (Å²) in [6.45, 7) is 5.29. The molecule has 4 heteroatoms. The molecule has 1 aromatic rings. The smallest absolute Gasteiger partial charge is 0.224 e. The van der Waals surface area contributed by atoms with Gasteiger partial charge in [-0.2, -0.15) is 0 Å². The Balaban J connectivity index is 2.57. The van der Waals surface area contributed by atoms with Crippen molar-refractivity contribution in [2.24, 2.45) is 5.73 Å². The number of nitrogens with zero attached hydrogens (tertiary/aromatic N) is 1. The van der Waals surface area contributed by atoms with E-state index in [0.717, 1.165) is 11.1 Å². The quantitative estimate of drug-likeness (QED) is 0.809. The second kappa shape index (κ2) is 6.68. The molecule has 4 nitrogen and oxygen atoms in total. The molecule has 0 saturated carbocycles. The number of carbonyl (C=O) groups is 1. The third kappa shape index (κ3) is 4.65. The molecule has 0 radical (unpaired) electrons. The number of nitrogens with two attached hydrogens (primary N) is 1. The fourth-order valence-corrected chi connectivity index (χ4v) is 1.64. The zero-order valence-corrected chi connectivity index (χ0v) is 12.4. The fraction of sp³-hybridized carbons (Fsp3) is 0.533. The van der Waals surface area contributed by atoms with Crippen molar-refractivity contribution in [1.29, 1.82) is 0 Å². The molecule has 0 bridgehead atoms. The minimum Gasteiger partial charge on any atom is -0.354 e. The molecule has 0 saturated heterocycles. The van der Waals surface area contributed by atoms with Crippen molar-refractivity contribution in [1.82, 2.24) is 10.2 Å². The molecule has 0 aliphatic carbocycles. The number of amides is 1. The summed E-state index contributed by atoms with van der Waals surface area (Å²) in [5.74, 6) is 0.0378. The van der Waals surface area contributed by atoms with Gasteiger partial charge in [-0.1, -0.05) is 24.3 Å². The highest BCUT2D eigenvalue weighted by Gasteiger charge is 2.21. The predicted molar refractivity (Wildman–Crippen MR) is 78.8 cm³/mol. The van der Waals surface area contributed by atoms with E-state index in [0.29, 0.717) is 19.5 Å². The van der Waals surface area contributed by atoms with E-state index < -0.39 is 0 Å². The van der Waals surface area contributed by atoms with Crippen molar-refractivity contribution in [3.63, 3.8) is 0 Å². The number of nitrogens with one attached hydrogen (secondary N) is 1. The fourth-order valence-electron chi connectivity index (χ4n) is 1.64. The van der Waals surface area contributed by atoms with E-state index >= 15 is 0 Å². The average Bonchev–Trinajstić information content (AvgIpc) is 2.37. The second-order valence-electron chi connectivity index (χ2n) is 5.63. The first-order chi connectivity index (χ1) is 8.86. The normalized spacial score (nSPS) is 11.7. The standard InChI is InChI=1S/C15H25N3O/c1-15(2,18(3)4)11-17-14(19)9-12-7-5-6-8-13(12)10-16/h5-8H,9-11,16H2,1-4H3,(H,17,19). The molecule has 1 amide bonds. The number of hydrogen-bond acceptors (Lipinski definition) is 3. The van der Waals surface area contributed by atoms with Gasteiger partial charge in [0.05, 0.1) is 6.42 Å². The average molecular weight is 263 g/mol. The summed E-state index contributed by atoms with van der Waals surface area (Å²) >= 11 is 0. The molecule has 3 N–H and O–H groups in total. The molecule has 106 valence electrons. The van der Waals surface area contributed by atoms with Crippen LogP contribution in [0, 0.1) is 0 Å². The summed E-state index contributed by atoms with van der Waals surface area (Å²) in [5.41, 5.74) is 7.66. The van der Waals surface area contributed by atoms with Gasteiger partial charge in [-0.05, 0) is 39.1 Å². The molecule has 0 aliphatic heterocycles. The Morgan fingerprint density at radius 1 is 1.26 bits per heavy atom. The molecule has 0 atom stereocenters. The largest absolute Gasteiger partial charge is 0.354 e. The Labute approximate surface area is 116 Å². The highest BCUT2D eigenvalue weighted by molar-refractivity contribution is 5.79. The van der Waals surface area contributed by atoms with Gasteiger partial charge < -0.3 is 16.0 Å². The van der Waals surface area contributed by atoms with Crippen molar-refractivity contribution < 1.29 is 4.79 Å². The van der Waals surface area contributed by atoms with Crippen LogP contribution in [0.25, 0.3) is 0 Å². The van der Waals surface area contributed by atoms with Gasteiger partial charge in [0.2, 0.25) is 5.91 Å². The highest BCUT2D eigenvalue weighted by atomic mass is 16.1. The van der Waals surface area contributed by atoms with Crippen molar-refractivity contribution in [2.75, 3.05) is 20.6 Å². The first-order valence-corrected chi connectivity index (χ1v) is 6.58. The van der Waals surface area contributed by atoms with Crippen LogP contribution in [0.4, 0.5) is 0 Å². The van der Waals surface area contributed by atoms with E-state index in [9.17, 15) is 4.79 Å². The number of benzene rings is 1. The first kappa shape index (κ1) is 15.7. The topological polar surface area (TPSA) is 58.4 Å². The summed E-state index contributed by atoms with van der Waals surface area (Å²) in [7, 11) is 4.02. The molecule has 0 fully saturated rings. The molecule has 0 aliphatic rings. The molecule has 0 spiro atoms. The van der Waals surface area contributed by atoms with E-state index in [1.807, 2.05) is 38.4 Å². The maximum atomic E-state index is 12.0. The molecule has 19 heavy (non-hydrogen) atoms. The van der Waals surface area contributed by atoms with Crippen LogP contribution in [-0.2, 0) is 17.8 Å². The van der Waals surface area contributed by atoms with E-state index in [4.69, 9.17) is 5.73 Å². The summed E-state index contributed by atoms with van der Waals surface area (Å²) in [6, 6.07) is 7.80. The van der Waals surface area contributed by atoms with Crippen molar-refractivity contribution in [2.45, 2.75) is 32.4 Å². The molecular weight excluding hydrogens is 238 g/mol. The summed E-state index contributed by atoms with van der Waals surface area (Å²) in [5, 5.41) is 2.98. The Bertz CT molecular complexity index is 427. The lowest BCUT2D eigenvalue weighted by molar-refractivity contribution is -0.120. The second-order valence-corrected chi connectivity index (χ2v) is 5.63. The van der Waals surface area contributed by atoms with Gasteiger partial charge in [-0.3, -0.25) is 4.79 Å². The molecular formula is C15H25N3O. The number of rotatable bonds is 6. The summed E-state index contributed by atoms with van der Waals surface area (Å²) < 4.78 is 0. The lowest BCUT2D eigenvalue weighted by atomic mass is 10.0. The zero-order chi connectivity index (χ0) is 14.5. The maximum absolute atomic E-state index is 12.0. The number of likely N-dealkylation sites (N-methyl/N-ethyl adjacent to an activating group) is 1. The van der Waals surface area contributed by atoms with Crippen LogP contribution in [-0.4, -0.2) is 37.0 Å². The lowest BCUT2D eigenvalue weighted by Crippen LogP contribution is -2.48. The lowest BCUT2D eigenvalue weighted by Gasteiger charge is -2.32. The predicted octanol–water partition coefficient (Wildman–Crippen LogP) is 1.14. The minimum absolute atomic E-state index is 0.0378. The number of hydrogen-bond donors (Lipinski definition) is 2. The van der Waals surface area contributed by atoms with Gasteiger partial charge in [0.25, 0.3) is 0 Å². The maximum Gasteiger partial charge on any atom is 0.224 e. The van der Waals surface area contributed by atoms with Crippen LogP contribution in [0.3, 0.4) is 0 Å². The Morgan fingerprint density at radius 3 is 2.37 bits per heavy atom. The van der Waals surface area contributed by atoms with E-state index in [-0.39, 0.29) is 11.4 Å². The van der Waals surface area contributed by atoms with E-state index in [2.05, 4.69) is 24.1 Å². The van der Waals surface area contributed by atoms with Crippen molar-refractivity contribution in [3.05, 3.63) is 35.4 Å². The van der Waals surface area contributed by atoms with Gasteiger partial charge in [0.1, 0.15) is 0 Å². The molecule has 1 aromatic carbocycles. The van der Waals surface area contributed by atoms with Gasteiger partial charge in [-0.25, -0.2) is 0 Å². The molecule has 0 heterocycles. The van der Waals surface area contributed by atoms with Crippen LogP contribution >= 0.6 is 0 Å². The monoisotopic (exact) mass is 263 g/mol. The van der Waals surface area contributed by atoms with Gasteiger partial charge in [-0.15, -0.1) is 0 Å². The van der Waals surface area contributed by atoms with Crippen LogP contribution in [0.2, 0.25) is 0 Å². The minimum atomic E-state index is -0.0525. The third-order valence-corrected chi connectivity index (χ3v) is 3.62. The van der Waals surface area contributed by atoms with Gasteiger partial charge in [0, 0.05) is 18.6 Å². The Hall–Kier alpha value is -1.39. The van der Waals surface area contributed by atoms with E-state index in [1.165, 1.54) is 0 Å². The van der Waals surface area contributed by atoms with Crippen molar-refractivity contribution in [3.8, 4) is 0 Å². The Morgan fingerprint density at radius 2 is 1.84 bits per heavy atom. The molecule has 1 rings (SSSR count). The summed E-state index contributed by atoms with van der Waals surface area (Å²) in [4.78, 5) is 14.1. The van der Waals surface area contributed by atoms with Gasteiger partial charge >= 0.3 is 0 Å². The van der Waals surface area contributed by atoms with Gasteiger partial charge in [0.15, 0.2) is 0 Å². The molecule has 0 aromatic heterocycles. The SMILES string of the molecule is CN(C)C(C)(C)CNC(=O)Cc1ccccc1CN. The van der Waals surface area contributed by atoms with E-state index in [1.54, 1.807) is 0 Å². The van der Waals surface area contributed by atoms with Crippen LogP contribution in [0.5, 0.6) is 0 Å². The van der Waals surface area contributed by atoms with Crippen molar-refractivity contribution >= 4 is 5.91 Å². The third-order valence-electron chi connectivity index (χ3n) is 3.62. The van der Waals surface area contributed by atoms with Crippen LogP contribution in [0.15, 0.2) is 24.3 Å². The first-order valence-electron chi connectivity index (χ1n) is 6.58. The molecule has 0 unspecified atom stereocenters. The number of carbonyl (C=O) groups excluding carboxylic acids is 1. The van der Waals surface area contributed by atoms with Crippen LogP contribution in [0.1, 0.15) is 25.0 Å². The van der Waals surface area contributed by atoms with Crippen LogP contribution < -0.4 is 11.1 Å². The highest BCUT2D eigenvalue weighted by Crippen LogP contribution is 2.10. The Kier molecular flexibility index (Phi) is 5.51. The summed E-state index contributed by atoms with van der Waals surface area (Å²) in [6.07, 6.45) is 0.386. The zero-order valence-electron chi connectivity index (χ0n) is 12.4.